The molecular weight excluding hydrogens is 477 g/mol. The van der Waals surface area contributed by atoms with Crippen LogP contribution >= 0.6 is 0 Å². The molecule has 3 nitrogen and oxygen atoms in total. The zero-order valence-electron chi connectivity index (χ0n) is 19.7. The molecular formula is C31H26O3Si2. The molecule has 0 spiro atoms. The third-order valence-electron chi connectivity index (χ3n) is 6.40. The molecule has 0 unspecified atom stereocenters. The van der Waals surface area contributed by atoms with Crippen LogP contribution in [-0.4, -0.2) is 28.4 Å². The van der Waals surface area contributed by atoms with E-state index in [0.29, 0.717) is 0 Å². The lowest BCUT2D eigenvalue weighted by molar-refractivity contribution is 0.0697. The van der Waals surface area contributed by atoms with E-state index in [4.69, 9.17) is 4.12 Å². The van der Waals surface area contributed by atoms with Crippen LogP contribution < -0.4 is 25.9 Å². The summed E-state index contributed by atoms with van der Waals surface area (Å²) in [7, 11) is -5.21. The van der Waals surface area contributed by atoms with E-state index in [0.717, 1.165) is 15.6 Å². The highest BCUT2D eigenvalue weighted by Crippen LogP contribution is 2.13. The van der Waals surface area contributed by atoms with E-state index >= 15 is 0 Å². The number of rotatable bonds is 8. The normalized spacial score (nSPS) is 11.4. The van der Waals surface area contributed by atoms with E-state index in [1.54, 1.807) is 12.1 Å². The molecule has 5 rings (SSSR count). The van der Waals surface area contributed by atoms with Crippen LogP contribution in [0.15, 0.2) is 146 Å². The summed E-state index contributed by atoms with van der Waals surface area (Å²) >= 11 is 0. The topological polar surface area (TPSA) is 46.5 Å². The van der Waals surface area contributed by atoms with Gasteiger partial charge in [-0.3, -0.25) is 0 Å². The van der Waals surface area contributed by atoms with E-state index in [9.17, 15) is 9.90 Å². The van der Waals surface area contributed by atoms with Crippen molar-refractivity contribution in [3.63, 3.8) is 0 Å². The maximum atomic E-state index is 11.6. The van der Waals surface area contributed by atoms with Gasteiger partial charge in [-0.1, -0.05) is 133 Å². The van der Waals surface area contributed by atoms with Crippen molar-refractivity contribution in [1.29, 1.82) is 0 Å². The SMILES string of the molecule is O=C(O)c1ccc([Si](O[SiH](c2ccccc2)c2ccccc2)(c2ccccc2)c2ccccc2)cc1. The molecule has 0 aliphatic rings. The first-order valence-corrected chi connectivity index (χ1v) is 15.4. The zero-order chi connectivity index (χ0) is 24.8. The molecule has 0 fully saturated rings. The van der Waals surface area contributed by atoms with Gasteiger partial charge in [-0.2, -0.15) is 0 Å². The molecule has 0 saturated heterocycles. The van der Waals surface area contributed by atoms with Crippen molar-refractivity contribution in [2.45, 2.75) is 0 Å². The minimum absolute atomic E-state index is 0.266. The molecule has 0 aliphatic carbocycles. The Bertz CT molecular complexity index is 1330. The highest BCUT2D eigenvalue weighted by Gasteiger charge is 2.44. The van der Waals surface area contributed by atoms with Gasteiger partial charge in [0.1, 0.15) is 0 Å². The highest BCUT2D eigenvalue weighted by atomic mass is 28.4. The van der Waals surface area contributed by atoms with E-state index in [1.807, 2.05) is 36.4 Å². The van der Waals surface area contributed by atoms with Crippen molar-refractivity contribution < 1.29 is 14.0 Å². The molecule has 1 N–H and O–H groups in total. The Balaban J connectivity index is 1.78. The second-order valence-corrected chi connectivity index (χ2v) is 14.7. The van der Waals surface area contributed by atoms with Gasteiger partial charge in [-0.05, 0) is 38.1 Å². The molecule has 5 aromatic carbocycles. The predicted octanol–water partition coefficient (Wildman–Crippen LogP) is 2.91. The molecule has 0 saturated carbocycles. The number of hydrogen-bond donors (Lipinski definition) is 1. The Hall–Kier alpha value is -4.04. The molecule has 0 heterocycles. The fourth-order valence-electron chi connectivity index (χ4n) is 4.66. The fraction of sp³-hybridized carbons (Fsp3) is 0. The second kappa shape index (κ2) is 10.7. The van der Waals surface area contributed by atoms with Crippen molar-refractivity contribution in [3.05, 3.63) is 151 Å². The first-order chi connectivity index (χ1) is 17.7. The minimum atomic E-state index is -3.04. The van der Waals surface area contributed by atoms with Crippen LogP contribution in [0.1, 0.15) is 10.4 Å². The standard InChI is InChI=1S/C31H26O3Si2/c32-31(33)25-21-23-30(24-22-25)36(28-17-9-3-10-18-28,29-19-11-4-12-20-29)34-35(26-13-5-1-6-14-26)27-15-7-2-8-16-27/h1-24,35H,(H,32,33). The van der Waals surface area contributed by atoms with E-state index in [1.165, 1.54) is 10.4 Å². The largest absolute Gasteiger partial charge is 0.478 e. The van der Waals surface area contributed by atoms with Gasteiger partial charge in [0.25, 0.3) is 8.32 Å². The average Bonchev–Trinajstić information content (AvgIpc) is 2.96. The Morgan fingerprint density at radius 2 is 0.889 bits per heavy atom. The Morgan fingerprint density at radius 1 is 0.528 bits per heavy atom. The first-order valence-electron chi connectivity index (χ1n) is 11.9. The van der Waals surface area contributed by atoms with Crippen LogP contribution in [0, 0.1) is 0 Å². The lowest BCUT2D eigenvalue weighted by Crippen LogP contribution is -2.73. The lowest BCUT2D eigenvalue weighted by atomic mass is 10.2. The molecule has 0 aromatic heterocycles. The van der Waals surface area contributed by atoms with Gasteiger partial charge in [0.05, 0.1) is 5.56 Å². The summed E-state index contributed by atoms with van der Waals surface area (Å²) in [4.78, 5) is 11.6. The number of benzene rings is 5. The summed E-state index contributed by atoms with van der Waals surface area (Å²) in [5.74, 6) is -0.935. The fourth-order valence-corrected chi connectivity index (χ4v) is 13.3. The van der Waals surface area contributed by atoms with Gasteiger partial charge < -0.3 is 9.22 Å². The van der Waals surface area contributed by atoms with Gasteiger partial charge in [-0.15, -0.1) is 0 Å². The number of carboxylic acids is 1. The molecule has 0 radical (unpaired) electrons. The Morgan fingerprint density at radius 3 is 1.28 bits per heavy atom. The lowest BCUT2D eigenvalue weighted by Gasteiger charge is -2.37. The summed E-state index contributed by atoms with van der Waals surface area (Å²) in [6, 6.07) is 49.1. The van der Waals surface area contributed by atoms with Gasteiger partial charge in [0.15, 0.2) is 0 Å². The first kappa shape index (κ1) is 23.7. The van der Waals surface area contributed by atoms with E-state index < -0.39 is 23.3 Å². The Kier molecular flexibility index (Phi) is 7.04. The van der Waals surface area contributed by atoms with Gasteiger partial charge in [-0.25, -0.2) is 4.79 Å². The van der Waals surface area contributed by atoms with Crippen molar-refractivity contribution >= 4 is 49.3 Å². The molecule has 0 amide bonds. The monoisotopic (exact) mass is 502 g/mol. The van der Waals surface area contributed by atoms with Crippen LogP contribution in [0.5, 0.6) is 0 Å². The maximum absolute atomic E-state index is 11.6. The summed E-state index contributed by atoms with van der Waals surface area (Å²) in [5, 5.41) is 15.2. The number of aromatic carboxylic acids is 1. The summed E-state index contributed by atoms with van der Waals surface area (Å²) in [5.41, 5.74) is 0.266. The van der Waals surface area contributed by atoms with Gasteiger partial charge in [0.2, 0.25) is 9.04 Å². The van der Waals surface area contributed by atoms with E-state index in [2.05, 4.69) is 97.1 Å². The maximum Gasteiger partial charge on any atom is 0.335 e. The van der Waals surface area contributed by atoms with Crippen molar-refractivity contribution in [3.8, 4) is 0 Å². The summed E-state index contributed by atoms with van der Waals surface area (Å²) in [6.45, 7) is 0. The van der Waals surface area contributed by atoms with Gasteiger partial charge in [0, 0.05) is 0 Å². The molecule has 0 bridgehead atoms. The highest BCUT2D eigenvalue weighted by molar-refractivity contribution is 7.11. The second-order valence-electron chi connectivity index (χ2n) is 8.61. The minimum Gasteiger partial charge on any atom is -0.478 e. The van der Waals surface area contributed by atoms with Crippen molar-refractivity contribution in [1.82, 2.24) is 0 Å². The van der Waals surface area contributed by atoms with Crippen molar-refractivity contribution in [2.24, 2.45) is 0 Å². The molecule has 5 heteroatoms. The van der Waals surface area contributed by atoms with Crippen LogP contribution in [0.25, 0.3) is 0 Å². The molecule has 176 valence electrons. The molecule has 5 aromatic rings. The van der Waals surface area contributed by atoms with E-state index in [-0.39, 0.29) is 5.56 Å². The zero-order valence-corrected chi connectivity index (χ0v) is 21.9. The third-order valence-corrected chi connectivity index (χ3v) is 14.2. The van der Waals surface area contributed by atoms with Crippen LogP contribution in [0.4, 0.5) is 0 Å². The predicted molar refractivity (Wildman–Crippen MR) is 151 cm³/mol. The quantitative estimate of drug-likeness (QED) is 0.262. The van der Waals surface area contributed by atoms with Gasteiger partial charge >= 0.3 is 5.97 Å². The molecule has 0 atom stereocenters. The number of hydrogen-bond acceptors (Lipinski definition) is 2. The third kappa shape index (κ3) is 4.72. The summed E-state index contributed by atoms with van der Waals surface area (Å²) < 4.78 is 7.60. The average molecular weight is 503 g/mol. The molecule has 36 heavy (non-hydrogen) atoms. The number of carbonyl (C=O) groups is 1. The van der Waals surface area contributed by atoms with Crippen LogP contribution in [0.2, 0.25) is 0 Å². The number of carboxylic acid groups (broad SMARTS) is 1. The van der Waals surface area contributed by atoms with Crippen molar-refractivity contribution in [2.75, 3.05) is 0 Å². The smallest absolute Gasteiger partial charge is 0.335 e. The summed E-state index contributed by atoms with van der Waals surface area (Å²) in [6.07, 6.45) is 0. The Labute approximate surface area is 214 Å². The van der Waals surface area contributed by atoms with Crippen LogP contribution in [-0.2, 0) is 4.12 Å². The van der Waals surface area contributed by atoms with Crippen LogP contribution in [0.3, 0.4) is 0 Å². The molecule has 0 aliphatic heterocycles.